The Morgan fingerprint density at radius 3 is 2.40 bits per heavy atom. The number of rotatable bonds is 2. The molecule has 3 unspecified atom stereocenters. The molecule has 5 rings (SSSR count). The molecule has 4 aliphatic carbocycles. The van der Waals surface area contributed by atoms with Gasteiger partial charge in [-0.25, -0.2) is 0 Å². The number of hydrogen-bond donors (Lipinski definition) is 1. The van der Waals surface area contributed by atoms with Crippen molar-refractivity contribution in [3.05, 3.63) is 19.2 Å². The van der Waals surface area contributed by atoms with Gasteiger partial charge in [-0.15, -0.1) is 11.3 Å². The molecular formula is C16H20Br2OS. The van der Waals surface area contributed by atoms with Crippen LogP contribution in [0.3, 0.4) is 0 Å². The van der Waals surface area contributed by atoms with E-state index in [1.165, 1.54) is 38.5 Å². The second kappa shape index (κ2) is 4.56. The number of aliphatic hydroxyl groups excluding tert-OH is 1. The lowest BCUT2D eigenvalue weighted by molar-refractivity contribution is -0.155. The minimum Gasteiger partial charge on any atom is -0.388 e. The monoisotopic (exact) mass is 418 g/mol. The Balaban J connectivity index is 1.72. The zero-order valence-corrected chi connectivity index (χ0v) is 15.7. The number of thiophene rings is 1. The third-order valence-corrected chi connectivity index (χ3v) is 8.34. The molecular weight excluding hydrogens is 400 g/mol. The molecule has 1 heterocycles. The molecule has 4 aliphatic rings. The lowest BCUT2D eigenvalue weighted by Crippen LogP contribution is -2.53. The average Bonchev–Trinajstić information content (AvgIpc) is 2.64. The first-order valence-corrected chi connectivity index (χ1v) is 9.92. The van der Waals surface area contributed by atoms with Crippen LogP contribution in [0.2, 0.25) is 0 Å². The lowest BCUT2D eigenvalue weighted by Gasteiger charge is -2.62. The Bertz CT molecular complexity index is 539. The molecule has 1 aromatic rings. The SMILES string of the molecule is CC12CC3CC(C1)CC(C(O)c1cc(Br)sc1Br)(C3)C2. The molecule has 4 heteroatoms. The topological polar surface area (TPSA) is 20.2 Å². The van der Waals surface area contributed by atoms with Crippen molar-refractivity contribution in [3.63, 3.8) is 0 Å². The lowest BCUT2D eigenvalue weighted by atomic mass is 9.43. The first-order chi connectivity index (χ1) is 9.39. The second-order valence-electron chi connectivity index (χ2n) is 7.82. The van der Waals surface area contributed by atoms with Gasteiger partial charge in [0, 0.05) is 11.0 Å². The smallest absolute Gasteiger partial charge is 0.0866 e. The van der Waals surface area contributed by atoms with Crippen LogP contribution >= 0.6 is 43.2 Å². The number of hydrogen-bond acceptors (Lipinski definition) is 2. The molecule has 4 fully saturated rings. The molecule has 3 atom stereocenters. The Labute approximate surface area is 141 Å². The summed E-state index contributed by atoms with van der Waals surface area (Å²) in [6.45, 7) is 2.46. The summed E-state index contributed by atoms with van der Waals surface area (Å²) in [5.41, 5.74) is 1.74. The van der Waals surface area contributed by atoms with E-state index in [2.05, 4.69) is 44.8 Å². The molecule has 0 aliphatic heterocycles. The van der Waals surface area contributed by atoms with Gasteiger partial charge in [-0.3, -0.25) is 0 Å². The van der Waals surface area contributed by atoms with Gasteiger partial charge in [-0.2, -0.15) is 0 Å². The Morgan fingerprint density at radius 1 is 1.25 bits per heavy atom. The van der Waals surface area contributed by atoms with Gasteiger partial charge in [0.15, 0.2) is 0 Å². The first kappa shape index (κ1) is 14.2. The van der Waals surface area contributed by atoms with Crippen molar-refractivity contribution in [1.82, 2.24) is 0 Å². The van der Waals surface area contributed by atoms with Gasteiger partial charge < -0.3 is 5.11 Å². The van der Waals surface area contributed by atoms with Gasteiger partial charge in [-0.1, -0.05) is 6.92 Å². The highest BCUT2D eigenvalue weighted by Gasteiger charge is 2.58. The van der Waals surface area contributed by atoms with Gasteiger partial charge in [-0.05, 0) is 93.7 Å². The summed E-state index contributed by atoms with van der Waals surface area (Å²) in [6, 6.07) is 2.11. The number of halogens is 2. The van der Waals surface area contributed by atoms with Crippen molar-refractivity contribution in [2.45, 2.75) is 51.6 Å². The molecule has 0 radical (unpaired) electrons. The summed E-state index contributed by atoms with van der Waals surface area (Å²) in [5, 5.41) is 11.2. The van der Waals surface area contributed by atoms with Gasteiger partial charge >= 0.3 is 0 Å². The molecule has 0 aromatic carbocycles. The minimum absolute atomic E-state index is 0.141. The van der Waals surface area contributed by atoms with Crippen LogP contribution in [0.4, 0.5) is 0 Å². The molecule has 1 aromatic heterocycles. The summed E-state index contributed by atoms with van der Waals surface area (Å²) in [7, 11) is 0. The van der Waals surface area contributed by atoms with Crippen molar-refractivity contribution in [2.24, 2.45) is 22.7 Å². The highest BCUT2D eigenvalue weighted by atomic mass is 79.9. The predicted octanol–water partition coefficient (Wildman–Crippen LogP) is 5.91. The Morgan fingerprint density at radius 2 is 1.90 bits per heavy atom. The highest BCUT2D eigenvalue weighted by molar-refractivity contribution is 9.12. The van der Waals surface area contributed by atoms with Gasteiger partial charge in [0.05, 0.1) is 13.7 Å². The summed E-state index contributed by atoms with van der Waals surface area (Å²) < 4.78 is 2.20. The van der Waals surface area contributed by atoms with E-state index >= 15 is 0 Å². The first-order valence-electron chi connectivity index (χ1n) is 7.52. The van der Waals surface area contributed by atoms with Crippen LogP contribution in [0.15, 0.2) is 13.6 Å². The normalized spacial score (nSPS) is 44.0. The van der Waals surface area contributed by atoms with Crippen molar-refractivity contribution >= 4 is 43.2 Å². The fourth-order valence-corrected chi connectivity index (χ4v) is 8.87. The quantitative estimate of drug-likeness (QED) is 0.631. The summed E-state index contributed by atoms with van der Waals surface area (Å²) in [6.07, 6.45) is 7.59. The largest absolute Gasteiger partial charge is 0.388 e. The maximum Gasteiger partial charge on any atom is 0.0866 e. The minimum atomic E-state index is -0.301. The van der Waals surface area contributed by atoms with Crippen molar-refractivity contribution in [3.8, 4) is 0 Å². The van der Waals surface area contributed by atoms with Gasteiger partial charge in [0.25, 0.3) is 0 Å². The number of aliphatic hydroxyl groups is 1. The van der Waals surface area contributed by atoms with Gasteiger partial charge in [0.2, 0.25) is 0 Å². The molecule has 4 bridgehead atoms. The molecule has 1 N–H and O–H groups in total. The molecule has 1 nitrogen and oxygen atoms in total. The summed E-state index contributed by atoms with van der Waals surface area (Å²) in [4.78, 5) is 0. The zero-order chi connectivity index (χ0) is 14.1. The van der Waals surface area contributed by atoms with E-state index in [9.17, 15) is 5.11 Å². The van der Waals surface area contributed by atoms with Crippen LogP contribution < -0.4 is 0 Å². The fourth-order valence-electron chi connectivity index (χ4n) is 5.99. The van der Waals surface area contributed by atoms with E-state index in [-0.39, 0.29) is 11.5 Å². The third kappa shape index (κ3) is 2.09. The predicted molar refractivity (Wildman–Crippen MR) is 89.9 cm³/mol. The fraction of sp³-hybridized carbons (Fsp3) is 0.750. The second-order valence-corrected chi connectivity index (χ2v) is 11.6. The third-order valence-electron chi connectivity index (χ3n) is 5.96. The Kier molecular flexibility index (Phi) is 3.24. The van der Waals surface area contributed by atoms with Crippen molar-refractivity contribution in [2.75, 3.05) is 0 Å². The maximum absolute atomic E-state index is 11.2. The molecule has 0 amide bonds. The maximum atomic E-state index is 11.2. The summed E-state index contributed by atoms with van der Waals surface area (Å²) >= 11 is 8.86. The standard InChI is InChI=1S/C16H20Br2OS/c1-15-4-9-2-10(5-15)7-16(6-9,8-15)13(19)11-3-12(17)20-14(11)18/h3,9-10,13,19H,2,4-8H2,1H3. The van der Waals surface area contributed by atoms with Crippen molar-refractivity contribution in [1.29, 1.82) is 0 Å². The van der Waals surface area contributed by atoms with Gasteiger partial charge in [0.1, 0.15) is 0 Å². The van der Waals surface area contributed by atoms with E-state index in [1.54, 1.807) is 11.3 Å². The zero-order valence-electron chi connectivity index (χ0n) is 11.7. The van der Waals surface area contributed by atoms with Crippen LogP contribution in [0.5, 0.6) is 0 Å². The van der Waals surface area contributed by atoms with E-state index in [1.807, 2.05) is 0 Å². The Hall–Kier alpha value is 0.620. The van der Waals surface area contributed by atoms with Crippen LogP contribution in [-0.4, -0.2) is 5.11 Å². The molecule has 4 saturated carbocycles. The van der Waals surface area contributed by atoms with Crippen LogP contribution in [0, 0.1) is 22.7 Å². The van der Waals surface area contributed by atoms with Crippen LogP contribution in [0.1, 0.15) is 57.1 Å². The van der Waals surface area contributed by atoms with E-state index < -0.39 is 0 Å². The molecule has 20 heavy (non-hydrogen) atoms. The average molecular weight is 420 g/mol. The van der Waals surface area contributed by atoms with Crippen LogP contribution in [0.25, 0.3) is 0 Å². The molecule has 0 saturated heterocycles. The highest BCUT2D eigenvalue weighted by Crippen LogP contribution is 2.68. The van der Waals surface area contributed by atoms with E-state index in [4.69, 9.17) is 0 Å². The van der Waals surface area contributed by atoms with Crippen molar-refractivity contribution < 1.29 is 5.11 Å². The van der Waals surface area contributed by atoms with E-state index in [0.29, 0.717) is 5.41 Å². The molecule has 0 spiro atoms. The molecule has 110 valence electrons. The van der Waals surface area contributed by atoms with Crippen LogP contribution in [-0.2, 0) is 0 Å². The summed E-state index contributed by atoms with van der Waals surface area (Å²) in [5.74, 6) is 1.72. The van der Waals surface area contributed by atoms with E-state index in [0.717, 1.165) is 25.0 Å².